The average molecular weight is 419 g/mol. The number of esters is 2. The van der Waals surface area contributed by atoms with Crippen molar-refractivity contribution in [3.05, 3.63) is 87.2 Å². The second-order valence-electron chi connectivity index (χ2n) is 6.48. The lowest BCUT2D eigenvalue weighted by Gasteiger charge is -2.09. The van der Waals surface area contributed by atoms with Gasteiger partial charge in [-0.2, -0.15) is 0 Å². The van der Waals surface area contributed by atoms with Crippen LogP contribution in [0.5, 0.6) is 11.5 Å². The summed E-state index contributed by atoms with van der Waals surface area (Å²) in [4.78, 5) is 29.3. The summed E-state index contributed by atoms with van der Waals surface area (Å²) < 4.78 is 16.1. The summed E-state index contributed by atoms with van der Waals surface area (Å²) in [5.41, 5.74) is 2.59. The first kappa shape index (κ1) is 19.6. The van der Waals surface area contributed by atoms with Crippen LogP contribution in [0, 0.1) is 6.92 Å². The Bertz CT molecular complexity index is 1160. The SMILES string of the molecule is COc1ccc(/C=C2/N=C(c3ccc(C)cc3)OC2=O)cc1OC(=O)c1cccs1. The zero-order valence-corrected chi connectivity index (χ0v) is 17.1. The van der Waals surface area contributed by atoms with Crippen molar-refractivity contribution in [2.75, 3.05) is 7.11 Å². The summed E-state index contributed by atoms with van der Waals surface area (Å²) in [7, 11) is 1.49. The molecular formula is C23H17NO5S. The molecule has 0 spiro atoms. The van der Waals surface area contributed by atoms with Crippen LogP contribution in [0.25, 0.3) is 6.08 Å². The van der Waals surface area contributed by atoms with Crippen LogP contribution in [0.2, 0.25) is 0 Å². The van der Waals surface area contributed by atoms with Gasteiger partial charge in [0.1, 0.15) is 4.88 Å². The van der Waals surface area contributed by atoms with E-state index in [-0.39, 0.29) is 17.3 Å². The fourth-order valence-corrected chi connectivity index (χ4v) is 3.39. The number of carbonyl (C=O) groups is 2. The number of methoxy groups -OCH3 is 1. The van der Waals surface area contributed by atoms with Gasteiger partial charge in [-0.15, -0.1) is 11.3 Å². The van der Waals surface area contributed by atoms with E-state index in [9.17, 15) is 9.59 Å². The monoisotopic (exact) mass is 419 g/mol. The van der Waals surface area contributed by atoms with E-state index in [1.54, 1.807) is 41.8 Å². The fourth-order valence-electron chi connectivity index (χ4n) is 2.79. The van der Waals surface area contributed by atoms with Crippen molar-refractivity contribution in [1.82, 2.24) is 0 Å². The van der Waals surface area contributed by atoms with Gasteiger partial charge in [-0.05, 0) is 54.3 Å². The van der Waals surface area contributed by atoms with Gasteiger partial charge in [0.25, 0.3) is 0 Å². The van der Waals surface area contributed by atoms with Gasteiger partial charge >= 0.3 is 11.9 Å². The molecule has 0 unspecified atom stereocenters. The number of hydrogen-bond donors (Lipinski definition) is 0. The van der Waals surface area contributed by atoms with E-state index in [4.69, 9.17) is 14.2 Å². The van der Waals surface area contributed by atoms with Crippen LogP contribution in [0.15, 0.2) is 70.7 Å². The number of rotatable bonds is 5. The van der Waals surface area contributed by atoms with Crippen molar-refractivity contribution >= 4 is 35.2 Å². The second kappa shape index (κ2) is 8.34. The number of benzene rings is 2. The first-order chi connectivity index (χ1) is 14.5. The molecule has 0 bridgehead atoms. The largest absolute Gasteiger partial charge is 0.493 e. The van der Waals surface area contributed by atoms with Crippen molar-refractivity contribution < 1.29 is 23.8 Å². The Morgan fingerprint density at radius 3 is 2.60 bits per heavy atom. The van der Waals surface area contributed by atoms with Crippen LogP contribution < -0.4 is 9.47 Å². The van der Waals surface area contributed by atoms with Crippen LogP contribution in [0.3, 0.4) is 0 Å². The zero-order valence-electron chi connectivity index (χ0n) is 16.2. The molecule has 0 fully saturated rings. The molecule has 1 aliphatic rings. The van der Waals surface area contributed by atoms with Gasteiger partial charge in [-0.1, -0.05) is 29.8 Å². The Morgan fingerprint density at radius 2 is 1.90 bits per heavy atom. The Balaban J connectivity index is 1.62. The number of thiophene rings is 1. The number of aliphatic imine (C=N–C) groups is 1. The van der Waals surface area contributed by atoms with Crippen molar-refractivity contribution in [3.8, 4) is 11.5 Å². The van der Waals surface area contributed by atoms with Gasteiger partial charge in [-0.25, -0.2) is 14.6 Å². The molecule has 0 amide bonds. The van der Waals surface area contributed by atoms with Crippen LogP contribution in [-0.4, -0.2) is 24.9 Å². The Labute approximate surface area is 177 Å². The third-order valence-electron chi connectivity index (χ3n) is 4.34. The molecule has 0 saturated carbocycles. The lowest BCUT2D eigenvalue weighted by atomic mass is 10.1. The predicted molar refractivity (Wildman–Crippen MR) is 114 cm³/mol. The molecule has 1 aromatic heterocycles. The van der Waals surface area contributed by atoms with E-state index in [0.717, 1.165) is 11.1 Å². The maximum atomic E-state index is 12.3. The number of carbonyl (C=O) groups excluding carboxylic acids is 2. The Kier molecular flexibility index (Phi) is 5.45. The molecule has 2 heterocycles. The van der Waals surface area contributed by atoms with Crippen molar-refractivity contribution in [3.63, 3.8) is 0 Å². The zero-order chi connectivity index (χ0) is 21.1. The third kappa shape index (κ3) is 4.16. The number of cyclic esters (lactones) is 1. The molecule has 1 aliphatic heterocycles. The van der Waals surface area contributed by atoms with Crippen LogP contribution in [0.1, 0.15) is 26.4 Å². The Hall–Kier alpha value is -3.71. The molecular weight excluding hydrogens is 402 g/mol. The smallest absolute Gasteiger partial charge is 0.363 e. The minimum absolute atomic E-state index is 0.159. The van der Waals surface area contributed by atoms with E-state index in [0.29, 0.717) is 16.2 Å². The van der Waals surface area contributed by atoms with Gasteiger partial charge in [0.2, 0.25) is 5.90 Å². The maximum Gasteiger partial charge on any atom is 0.363 e. The molecule has 0 saturated heterocycles. The number of hydrogen-bond acceptors (Lipinski definition) is 7. The standard InChI is InChI=1S/C23H17NO5S/c1-14-5-8-16(9-6-14)21-24-17(22(25)29-21)12-15-7-10-18(27-2)19(13-15)28-23(26)20-4-3-11-30-20/h3-13H,1-2H3/b17-12+. The van der Waals surface area contributed by atoms with Crippen molar-refractivity contribution in [2.45, 2.75) is 6.92 Å². The number of nitrogens with zero attached hydrogens (tertiary/aromatic N) is 1. The third-order valence-corrected chi connectivity index (χ3v) is 5.19. The lowest BCUT2D eigenvalue weighted by molar-refractivity contribution is -0.129. The maximum absolute atomic E-state index is 12.3. The minimum Gasteiger partial charge on any atom is -0.493 e. The number of ether oxygens (including phenoxy) is 3. The van der Waals surface area contributed by atoms with Crippen molar-refractivity contribution in [1.29, 1.82) is 0 Å². The van der Waals surface area contributed by atoms with Gasteiger partial charge in [0.15, 0.2) is 17.2 Å². The lowest BCUT2D eigenvalue weighted by Crippen LogP contribution is -2.07. The molecule has 3 aromatic rings. The highest BCUT2D eigenvalue weighted by Gasteiger charge is 2.24. The van der Waals surface area contributed by atoms with Gasteiger partial charge in [-0.3, -0.25) is 0 Å². The molecule has 0 atom stereocenters. The summed E-state index contributed by atoms with van der Waals surface area (Å²) in [6.45, 7) is 1.98. The van der Waals surface area contributed by atoms with E-state index >= 15 is 0 Å². The quantitative estimate of drug-likeness (QED) is 0.342. The highest BCUT2D eigenvalue weighted by molar-refractivity contribution is 7.12. The molecule has 0 aliphatic carbocycles. The highest BCUT2D eigenvalue weighted by atomic mass is 32.1. The minimum atomic E-state index is -0.543. The second-order valence-corrected chi connectivity index (χ2v) is 7.43. The van der Waals surface area contributed by atoms with Crippen molar-refractivity contribution in [2.24, 2.45) is 4.99 Å². The van der Waals surface area contributed by atoms with Crippen LogP contribution in [0.4, 0.5) is 0 Å². The molecule has 0 radical (unpaired) electrons. The van der Waals surface area contributed by atoms with Gasteiger partial charge in [0.05, 0.1) is 7.11 Å². The first-order valence-electron chi connectivity index (χ1n) is 9.07. The molecule has 150 valence electrons. The van der Waals surface area contributed by atoms with E-state index < -0.39 is 11.9 Å². The van der Waals surface area contributed by atoms with Gasteiger partial charge in [0, 0.05) is 5.56 Å². The molecule has 6 nitrogen and oxygen atoms in total. The Morgan fingerprint density at radius 1 is 1.10 bits per heavy atom. The summed E-state index contributed by atoms with van der Waals surface area (Å²) >= 11 is 1.29. The number of aryl methyl sites for hydroxylation is 1. The summed E-state index contributed by atoms with van der Waals surface area (Å²) in [5.74, 6) is -0.116. The normalized spacial score (nSPS) is 14.4. The van der Waals surface area contributed by atoms with Crippen LogP contribution >= 0.6 is 11.3 Å². The highest BCUT2D eigenvalue weighted by Crippen LogP contribution is 2.31. The molecule has 7 heteroatoms. The van der Waals surface area contributed by atoms with Gasteiger partial charge < -0.3 is 14.2 Å². The summed E-state index contributed by atoms with van der Waals surface area (Å²) in [6, 6.07) is 16.0. The molecule has 0 N–H and O–H groups in total. The molecule has 4 rings (SSSR count). The topological polar surface area (TPSA) is 74.2 Å². The molecule has 2 aromatic carbocycles. The fraction of sp³-hybridized carbons (Fsp3) is 0.0870. The van der Waals surface area contributed by atoms with E-state index in [1.807, 2.05) is 31.2 Å². The predicted octanol–water partition coefficient (Wildman–Crippen LogP) is 4.63. The van der Waals surface area contributed by atoms with E-state index in [1.165, 1.54) is 18.4 Å². The summed E-state index contributed by atoms with van der Waals surface area (Å²) in [6.07, 6.45) is 1.57. The molecule has 30 heavy (non-hydrogen) atoms. The average Bonchev–Trinajstić information content (AvgIpc) is 3.40. The van der Waals surface area contributed by atoms with E-state index in [2.05, 4.69) is 4.99 Å². The summed E-state index contributed by atoms with van der Waals surface area (Å²) in [5, 5.41) is 1.80. The first-order valence-corrected chi connectivity index (χ1v) is 9.95. The van der Waals surface area contributed by atoms with Crippen LogP contribution in [-0.2, 0) is 9.53 Å².